The van der Waals surface area contributed by atoms with E-state index in [1.54, 1.807) is 11.0 Å². The van der Waals surface area contributed by atoms with Gasteiger partial charge >= 0.3 is 12.3 Å². The molecule has 2 heterocycles. The lowest BCUT2D eigenvalue weighted by molar-refractivity contribution is -0.155. The van der Waals surface area contributed by atoms with Crippen LogP contribution in [0.4, 0.5) is 18.0 Å². The summed E-state index contributed by atoms with van der Waals surface area (Å²) in [6.45, 7) is 6.85. The highest BCUT2D eigenvalue weighted by Crippen LogP contribution is 2.52. The second-order valence-electron chi connectivity index (χ2n) is 7.98. The third-order valence-electron chi connectivity index (χ3n) is 4.44. The Morgan fingerprint density at radius 2 is 2.00 bits per heavy atom. The van der Waals surface area contributed by atoms with Crippen LogP contribution in [0.1, 0.15) is 45.1 Å². The van der Waals surface area contributed by atoms with Crippen LogP contribution >= 0.6 is 0 Å². The molecule has 0 N–H and O–H groups in total. The first-order valence-corrected chi connectivity index (χ1v) is 8.16. The minimum absolute atomic E-state index is 0.132. The molecule has 0 atom stereocenters. The van der Waals surface area contributed by atoms with E-state index in [0.717, 1.165) is 18.9 Å². The van der Waals surface area contributed by atoms with Crippen molar-refractivity contribution in [1.29, 1.82) is 0 Å². The predicted molar refractivity (Wildman–Crippen MR) is 83.5 cm³/mol. The van der Waals surface area contributed by atoms with Gasteiger partial charge in [0.2, 0.25) is 5.76 Å². The third kappa shape index (κ3) is 3.99. The molecule has 1 aromatic heterocycles. The van der Waals surface area contributed by atoms with Crippen LogP contribution in [0.15, 0.2) is 16.7 Å². The summed E-state index contributed by atoms with van der Waals surface area (Å²) in [6.07, 6.45) is 0.426. The van der Waals surface area contributed by atoms with E-state index in [4.69, 9.17) is 4.74 Å². The van der Waals surface area contributed by atoms with Crippen molar-refractivity contribution in [2.75, 3.05) is 13.1 Å². The topological polar surface area (TPSA) is 55.6 Å². The zero-order valence-corrected chi connectivity index (χ0v) is 14.4. The molecule has 1 aliphatic heterocycles. The van der Waals surface area contributed by atoms with Crippen LogP contribution in [0.5, 0.6) is 0 Å². The molecule has 5 nitrogen and oxygen atoms in total. The Morgan fingerprint density at radius 1 is 1.36 bits per heavy atom. The van der Waals surface area contributed by atoms with E-state index in [-0.39, 0.29) is 23.1 Å². The maximum absolute atomic E-state index is 12.4. The molecule has 0 unspecified atom stereocenters. The summed E-state index contributed by atoms with van der Waals surface area (Å²) in [5.41, 5.74) is -0.206. The van der Waals surface area contributed by atoms with Crippen LogP contribution in [0.3, 0.4) is 0 Å². The summed E-state index contributed by atoms with van der Waals surface area (Å²) in [5.74, 6) is -0.809. The largest absolute Gasteiger partial charge is 0.452 e. The Kier molecular flexibility index (Phi) is 4.12. The Bertz CT molecular complexity index is 674. The smallest absolute Gasteiger partial charge is 0.444 e. The van der Waals surface area contributed by atoms with Gasteiger partial charge in [0.05, 0.1) is 0 Å². The van der Waals surface area contributed by atoms with Crippen molar-refractivity contribution in [2.45, 2.75) is 45.4 Å². The summed E-state index contributed by atoms with van der Waals surface area (Å²) in [7, 11) is 0. The Hall–Kier alpha value is -1.99. The molecule has 1 saturated carbocycles. The fourth-order valence-electron chi connectivity index (χ4n) is 3.40. The average Bonchev–Trinajstić information content (AvgIpc) is 2.81. The van der Waals surface area contributed by atoms with E-state index < -0.39 is 17.5 Å². The lowest BCUT2D eigenvalue weighted by atomic mass is 9.58. The van der Waals surface area contributed by atoms with Crippen molar-refractivity contribution in [3.05, 3.63) is 23.6 Å². The molecule has 1 saturated heterocycles. The molecule has 138 valence electrons. The molecule has 0 aromatic carbocycles. The molecule has 25 heavy (non-hydrogen) atoms. The maximum atomic E-state index is 12.4. The monoisotopic (exact) mass is 358 g/mol. The molecular weight excluding hydrogens is 337 g/mol. The first-order valence-electron chi connectivity index (χ1n) is 8.16. The number of carbonyl (C=O) groups excluding carboxylic acids is 1. The van der Waals surface area contributed by atoms with E-state index in [1.165, 1.54) is 0 Å². The van der Waals surface area contributed by atoms with Gasteiger partial charge in [-0.15, -0.1) is 0 Å². The van der Waals surface area contributed by atoms with Gasteiger partial charge in [0.25, 0.3) is 0 Å². The van der Waals surface area contributed by atoms with E-state index in [2.05, 4.69) is 9.68 Å². The van der Waals surface area contributed by atoms with Gasteiger partial charge in [-0.1, -0.05) is 11.2 Å². The van der Waals surface area contributed by atoms with Crippen LogP contribution in [-0.4, -0.2) is 34.8 Å². The summed E-state index contributed by atoms with van der Waals surface area (Å²) in [6, 6.07) is 0.887. The number of ether oxygens (including phenoxy) is 1. The van der Waals surface area contributed by atoms with Gasteiger partial charge in [0.1, 0.15) is 11.3 Å². The molecule has 1 aromatic rings. The van der Waals surface area contributed by atoms with Crippen molar-refractivity contribution in [1.82, 2.24) is 10.1 Å². The molecule has 1 aliphatic carbocycles. The van der Waals surface area contributed by atoms with Crippen molar-refractivity contribution in [3.8, 4) is 0 Å². The number of alkyl halides is 3. The van der Waals surface area contributed by atoms with E-state index in [0.29, 0.717) is 13.1 Å². The first-order chi connectivity index (χ1) is 11.5. The number of allylic oxidation sites excluding steroid dienone is 1. The minimum atomic E-state index is -4.52. The van der Waals surface area contributed by atoms with Gasteiger partial charge in [0, 0.05) is 24.6 Å². The van der Waals surface area contributed by atoms with Crippen molar-refractivity contribution < 1.29 is 27.2 Å². The lowest BCUT2D eigenvalue weighted by Gasteiger charge is -2.58. The SMILES string of the molecule is CC(C)(C)OC(=O)N1CC2(CC(C=Cc3cc(C(F)(F)F)on3)C2)C1. The molecule has 3 rings (SSSR count). The standard InChI is InChI=1S/C17H21F3N2O3/c1-15(2,3)24-14(23)22-9-16(10-22)7-11(8-16)4-5-12-6-13(25-21-12)17(18,19)20/h4-6,11H,7-10H2,1-3H3. The number of amides is 1. The van der Waals surface area contributed by atoms with Crippen LogP contribution in [0.2, 0.25) is 0 Å². The number of halogens is 3. The van der Waals surface area contributed by atoms with Gasteiger partial charge in [-0.2, -0.15) is 13.2 Å². The quantitative estimate of drug-likeness (QED) is 0.788. The van der Waals surface area contributed by atoms with Crippen molar-refractivity contribution in [3.63, 3.8) is 0 Å². The number of hydrogen-bond acceptors (Lipinski definition) is 4. The van der Waals surface area contributed by atoms with Gasteiger partial charge in [0.15, 0.2) is 0 Å². The summed E-state index contributed by atoms with van der Waals surface area (Å²) in [4.78, 5) is 13.6. The van der Waals surface area contributed by atoms with E-state index >= 15 is 0 Å². The molecule has 1 amide bonds. The molecule has 8 heteroatoms. The summed E-state index contributed by atoms with van der Waals surface area (Å²) >= 11 is 0. The molecule has 2 aliphatic rings. The lowest BCUT2D eigenvalue weighted by Crippen LogP contribution is -2.64. The van der Waals surface area contributed by atoms with Gasteiger partial charge < -0.3 is 14.2 Å². The Labute approximate surface area is 143 Å². The number of aromatic nitrogens is 1. The number of rotatable bonds is 2. The first kappa shape index (κ1) is 17.8. The highest BCUT2D eigenvalue weighted by Gasteiger charge is 2.53. The van der Waals surface area contributed by atoms with Crippen molar-refractivity contribution in [2.24, 2.45) is 11.3 Å². The zero-order valence-electron chi connectivity index (χ0n) is 14.4. The van der Waals surface area contributed by atoms with E-state index in [1.807, 2.05) is 26.8 Å². The highest BCUT2D eigenvalue weighted by atomic mass is 19.4. The van der Waals surface area contributed by atoms with Crippen LogP contribution < -0.4 is 0 Å². The minimum Gasteiger partial charge on any atom is -0.444 e. The zero-order chi connectivity index (χ0) is 18.5. The fraction of sp³-hybridized carbons (Fsp3) is 0.647. The molecule has 1 spiro atoms. The second-order valence-corrected chi connectivity index (χ2v) is 7.98. The molecule has 0 bridgehead atoms. The molecular formula is C17H21F3N2O3. The summed E-state index contributed by atoms with van der Waals surface area (Å²) < 4.78 is 46.9. The Balaban J connectivity index is 1.45. The van der Waals surface area contributed by atoms with Gasteiger partial charge in [-0.3, -0.25) is 0 Å². The fourth-order valence-corrected chi connectivity index (χ4v) is 3.40. The normalized spacial score (nSPS) is 20.6. The van der Waals surface area contributed by atoms with Crippen LogP contribution in [0.25, 0.3) is 6.08 Å². The number of likely N-dealkylation sites (tertiary alicyclic amines) is 1. The number of nitrogens with zero attached hydrogens (tertiary/aromatic N) is 2. The molecule has 2 fully saturated rings. The second kappa shape index (κ2) is 5.78. The highest BCUT2D eigenvalue weighted by molar-refractivity contribution is 5.69. The van der Waals surface area contributed by atoms with Crippen molar-refractivity contribution >= 4 is 12.2 Å². The van der Waals surface area contributed by atoms with Crippen LogP contribution in [-0.2, 0) is 10.9 Å². The average molecular weight is 358 g/mol. The third-order valence-corrected chi connectivity index (χ3v) is 4.44. The number of hydrogen-bond donors (Lipinski definition) is 0. The van der Waals surface area contributed by atoms with Crippen LogP contribution in [0, 0.1) is 11.3 Å². The Morgan fingerprint density at radius 3 is 2.52 bits per heavy atom. The van der Waals surface area contributed by atoms with E-state index in [9.17, 15) is 18.0 Å². The summed E-state index contributed by atoms with van der Waals surface area (Å²) in [5, 5.41) is 3.40. The van der Waals surface area contributed by atoms with Gasteiger partial charge in [-0.25, -0.2) is 4.79 Å². The predicted octanol–water partition coefficient (Wildman–Crippen LogP) is 4.35. The number of carbonyl (C=O) groups is 1. The maximum Gasteiger partial charge on any atom is 0.452 e. The molecule has 0 radical (unpaired) electrons. The van der Waals surface area contributed by atoms with Gasteiger partial charge in [-0.05, 0) is 45.6 Å².